The summed E-state index contributed by atoms with van der Waals surface area (Å²) in [6.07, 6.45) is 1.96. The minimum Gasteiger partial charge on any atom is -0.462 e. The van der Waals surface area contributed by atoms with Gasteiger partial charge in [-0.25, -0.2) is 4.79 Å². The van der Waals surface area contributed by atoms with E-state index in [2.05, 4.69) is 10.4 Å². The zero-order chi connectivity index (χ0) is 18.6. The van der Waals surface area contributed by atoms with Crippen molar-refractivity contribution in [2.24, 2.45) is 5.73 Å². The number of esters is 1. The first-order valence-electron chi connectivity index (χ1n) is 7.73. The van der Waals surface area contributed by atoms with Crippen LogP contribution < -0.4 is 11.1 Å². The molecule has 0 fully saturated rings. The van der Waals surface area contributed by atoms with E-state index in [9.17, 15) is 14.4 Å². The van der Waals surface area contributed by atoms with Crippen molar-refractivity contribution in [3.05, 3.63) is 34.0 Å². The number of hydrogen-bond acceptors (Lipinski definition) is 6. The molecule has 2 aromatic heterocycles. The van der Waals surface area contributed by atoms with Gasteiger partial charge in [-0.1, -0.05) is 0 Å². The van der Waals surface area contributed by atoms with Gasteiger partial charge < -0.3 is 15.8 Å². The number of aromatic nitrogens is 2. The Kier molecular flexibility index (Phi) is 5.92. The molecule has 9 heteroatoms. The molecule has 0 aliphatic heterocycles. The summed E-state index contributed by atoms with van der Waals surface area (Å²) in [6, 6.07) is 1.85. The lowest BCUT2D eigenvalue weighted by atomic mass is 10.1. The summed E-state index contributed by atoms with van der Waals surface area (Å²) in [6.45, 7) is 5.74. The van der Waals surface area contributed by atoms with Gasteiger partial charge in [0.25, 0.3) is 5.91 Å². The van der Waals surface area contributed by atoms with Crippen molar-refractivity contribution in [2.75, 3.05) is 11.9 Å². The van der Waals surface area contributed by atoms with Crippen LogP contribution in [-0.2, 0) is 16.1 Å². The minimum absolute atomic E-state index is 0.170. The largest absolute Gasteiger partial charge is 0.462 e. The van der Waals surface area contributed by atoms with E-state index in [4.69, 9.17) is 10.5 Å². The van der Waals surface area contributed by atoms with Crippen molar-refractivity contribution in [3.8, 4) is 0 Å². The maximum Gasteiger partial charge on any atom is 0.341 e. The van der Waals surface area contributed by atoms with E-state index < -0.39 is 11.9 Å². The van der Waals surface area contributed by atoms with Gasteiger partial charge in [-0.2, -0.15) is 5.10 Å². The number of carbonyl (C=O) groups excluding carboxylic acids is 3. The van der Waals surface area contributed by atoms with E-state index in [0.29, 0.717) is 12.1 Å². The Morgan fingerprint density at radius 2 is 2.08 bits per heavy atom. The van der Waals surface area contributed by atoms with Crippen LogP contribution in [0.15, 0.2) is 12.3 Å². The van der Waals surface area contributed by atoms with E-state index in [1.54, 1.807) is 24.7 Å². The Balaban J connectivity index is 2.16. The highest BCUT2D eigenvalue weighted by atomic mass is 32.1. The highest BCUT2D eigenvalue weighted by molar-refractivity contribution is 7.18. The number of hydrogen-bond donors (Lipinski definition) is 2. The quantitative estimate of drug-likeness (QED) is 0.728. The first kappa shape index (κ1) is 18.7. The number of nitrogens with one attached hydrogen (secondary N) is 1. The molecular formula is C16H20N4O4S. The van der Waals surface area contributed by atoms with E-state index in [1.807, 2.05) is 13.0 Å². The third kappa shape index (κ3) is 4.44. The fourth-order valence-electron chi connectivity index (χ4n) is 2.28. The molecular weight excluding hydrogens is 344 g/mol. The van der Waals surface area contributed by atoms with Crippen LogP contribution in [-0.4, -0.2) is 34.2 Å². The average molecular weight is 364 g/mol. The molecule has 25 heavy (non-hydrogen) atoms. The number of ether oxygens (including phenoxy) is 1. The summed E-state index contributed by atoms with van der Waals surface area (Å²) < 4.78 is 6.67. The van der Waals surface area contributed by atoms with Gasteiger partial charge in [0.1, 0.15) is 5.00 Å². The summed E-state index contributed by atoms with van der Waals surface area (Å²) in [5.41, 5.74) is 6.78. The predicted molar refractivity (Wildman–Crippen MR) is 93.7 cm³/mol. The first-order chi connectivity index (χ1) is 11.8. The number of amides is 2. The van der Waals surface area contributed by atoms with E-state index in [-0.39, 0.29) is 34.4 Å². The highest BCUT2D eigenvalue weighted by Crippen LogP contribution is 2.33. The molecule has 2 rings (SSSR count). The number of carbonyl (C=O) groups is 3. The second kappa shape index (κ2) is 7.93. The maximum atomic E-state index is 12.2. The Morgan fingerprint density at radius 3 is 2.64 bits per heavy atom. The summed E-state index contributed by atoms with van der Waals surface area (Å²) in [5, 5.41) is 7.15. The molecule has 2 heterocycles. The van der Waals surface area contributed by atoms with Crippen molar-refractivity contribution < 1.29 is 19.1 Å². The lowest BCUT2D eigenvalue weighted by Gasteiger charge is -2.07. The molecule has 0 saturated carbocycles. The van der Waals surface area contributed by atoms with E-state index >= 15 is 0 Å². The molecule has 0 saturated heterocycles. The van der Waals surface area contributed by atoms with E-state index in [0.717, 1.165) is 17.0 Å². The van der Waals surface area contributed by atoms with Crippen LogP contribution in [0.3, 0.4) is 0 Å². The van der Waals surface area contributed by atoms with Gasteiger partial charge in [0.05, 0.1) is 22.7 Å². The van der Waals surface area contributed by atoms with Crippen LogP contribution in [0.5, 0.6) is 0 Å². The van der Waals surface area contributed by atoms with Crippen LogP contribution >= 0.6 is 11.3 Å². The number of anilines is 1. The third-order valence-corrected chi connectivity index (χ3v) is 4.67. The topological polar surface area (TPSA) is 116 Å². The molecule has 134 valence electrons. The molecule has 0 atom stereocenters. The summed E-state index contributed by atoms with van der Waals surface area (Å²) in [5.74, 6) is -1.54. The molecule has 0 spiro atoms. The van der Waals surface area contributed by atoms with Crippen LogP contribution in [0.25, 0.3) is 0 Å². The summed E-state index contributed by atoms with van der Waals surface area (Å²) >= 11 is 0.973. The second-order valence-corrected chi connectivity index (χ2v) is 6.38. The van der Waals surface area contributed by atoms with Crippen LogP contribution in [0, 0.1) is 13.8 Å². The molecule has 2 aromatic rings. The van der Waals surface area contributed by atoms with Gasteiger partial charge in [-0.3, -0.25) is 14.3 Å². The standard InChI is InChI=1S/C16H20N4O4S/c1-4-24-16(23)12-10(3)13(14(17)22)25-15(12)18-11(21)6-8-20-7-5-9(2)19-20/h5,7H,4,6,8H2,1-3H3,(H2,17,22)(H,18,21). The van der Waals surface area contributed by atoms with Crippen LogP contribution in [0.1, 0.15) is 44.6 Å². The molecule has 0 aromatic carbocycles. The lowest BCUT2D eigenvalue weighted by Crippen LogP contribution is -2.16. The maximum absolute atomic E-state index is 12.2. The third-order valence-electron chi connectivity index (χ3n) is 3.45. The van der Waals surface area contributed by atoms with Gasteiger partial charge in [0.2, 0.25) is 5.91 Å². The highest BCUT2D eigenvalue weighted by Gasteiger charge is 2.25. The second-order valence-electron chi connectivity index (χ2n) is 5.36. The molecule has 0 unspecified atom stereocenters. The van der Waals surface area contributed by atoms with Gasteiger partial charge in [-0.15, -0.1) is 11.3 Å². The van der Waals surface area contributed by atoms with Crippen molar-refractivity contribution in [2.45, 2.75) is 33.7 Å². The smallest absolute Gasteiger partial charge is 0.341 e. The Hall–Kier alpha value is -2.68. The predicted octanol–water partition coefficient (Wildman–Crippen LogP) is 1.87. The number of aryl methyl sites for hydroxylation is 2. The number of primary amides is 1. The van der Waals surface area contributed by atoms with Crippen molar-refractivity contribution >= 4 is 34.1 Å². The molecule has 8 nitrogen and oxygen atoms in total. The SMILES string of the molecule is CCOC(=O)c1c(NC(=O)CCn2ccc(C)n2)sc(C(N)=O)c1C. The Bertz CT molecular complexity index is 809. The fraction of sp³-hybridized carbons (Fsp3) is 0.375. The number of thiophene rings is 1. The summed E-state index contributed by atoms with van der Waals surface area (Å²) in [4.78, 5) is 36.1. The summed E-state index contributed by atoms with van der Waals surface area (Å²) in [7, 11) is 0. The van der Waals surface area contributed by atoms with Gasteiger partial charge >= 0.3 is 5.97 Å². The molecule has 0 aliphatic rings. The van der Waals surface area contributed by atoms with Gasteiger partial charge in [0, 0.05) is 19.2 Å². The fourth-order valence-corrected chi connectivity index (χ4v) is 3.34. The van der Waals surface area contributed by atoms with Gasteiger partial charge in [0.15, 0.2) is 0 Å². The van der Waals surface area contributed by atoms with Crippen molar-refractivity contribution in [1.82, 2.24) is 9.78 Å². The Labute approximate surface area is 149 Å². The Morgan fingerprint density at radius 1 is 1.36 bits per heavy atom. The van der Waals surface area contributed by atoms with E-state index in [1.165, 1.54) is 0 Å². The van der Waals surface area contributed by atoms with Crippen molar-refractivity contribution in [1.29, 1.82) is 0 Å². The number of nitrogens with zero attached hydrogens (tertiary/aromatic N) is 2. The first-order valence-corrected chi connectivity index (χ1v) is 8.55. The lowest BCUT2D eigenvalue weighted by molar-refractivity contribution is -0.116. The molecule has 0 aliphatic carbocycles. The van der Waals surface area contributed by atoms with Gasteiger partial charge in [-0.05, 0) is 32.4 Å². The minimum atomic E-state index is -0.652. The zero-order valence-corrected chi connectivity index (χ0v) is 15.1. The average Bonchev–Trinajstić information content (AvgIpc) is 3.09. The van der Waals surface area contributed by atoms with Crippen LogP contribution in [0.4, 0.5) is 5.00 Å². The van der Waals surface area contributed by atoms with Crippen LogP contribution in [0.2, 0.25) is 0 Å². The molecule has 3 N–H and O–H groups in total. The number of nitrogens with two attached hydrogens (primary N) is 1. The molecule has 0 radical (unpaired) electrons. The molecule has 2 amide bonds. The normalized spacial score (nSPS) is 10.5. The van der Waals surface area contributed by atoms with Crippen molar-refractivity contribution in [3.63, 3.8) is 0 Å². The monoisotopic (exact) mass is 364 g/mol. The zero-order valence-electron chi connectivity index (χ0n) is 14.3. The number of rotatable bonds is 7. The molecule has 0 bridgehead atoms.